The van der Waals surface area contributed by atoms with Gasteiger partial charge in [-0.1, -0.05) is 37.7 Å². The first-order valence-corrected chi connectivity index (χ1v) is 6.16. The summed E-state index contributed by atoms with van der Waals surface area (Å²) in [5.41, 5.74) is 6.85. The highest BCUT2D eigenvalue weighted by atomic mass is 32.1. The molecule has 3 N–H and O–H groups in total. The number of carbonyl (C=O) groups is 1. The number of amides is 1. The van der Waals surface area contributed by atoms with Gasteiger partial charge in [0, 0.05) is 17.2 Å². The summed E-state index contributed by atoms with van der Waals surface area (Å²) in [6, 6.07) is 7.25. The minimum atomic E-state index is -0.0796. The molecule has 4 heteroatoms. The molecule has 0 bridgehead atoms. The van der Waals surface area contributed by atoms with Crippen LogP contribution in [-0.4, -0.2) is 16.9 Å². The van der Waals surface area contributed by atoms with Crippen LogP contribution in [-0.2, 0) is 0 Å². The Morgan fingerprint density at radius 3 is 2.71 bits per heavy atom. The second-order valence-corrected chi connectivity index (χ2v) is 4.55. The summed E-state index contributed by atoms with van der Waals surface area (Å²) >= 11 is 4.88. The Morgan fingerprint density at radius 2 is 2.12 bits per heavy atom. The number of hydrogen-bond acceptors (Lipinski definition) is 2. The monoisotopic (exact) mass is 250 g/mol. The van der Waals surface area contributed by atoms with E-state index in [9.17, 15) is 4.79 Å². The standard InChI is InChI=1S/C13H18N2OS/c1-3-5-9(2)15-13(16)11-7-4-6-10(8-11)12(14)17/h4,6-9H,3,5H2,1-2H3,(H2,14,17)(H,15,16). The normalized spacial score (nSPS) is 11.9. The maximum Gasteiger partial charge on any atom is 0.251 e. The van der Waals surface area contributed by atoms with Crippen LogP contribution in [0.3, 0.4) is 0 Å². The number of nitrogens with one attached hydrogen (secondary N) is 1. The minimum Gasteiger partial charge on any atom is -0.389 e. The molecule has 1 rings (SSSR count). The van der Waals surface area contributed by atoms with Crippen molar-refractivity contribution in [3.63, 3.8) is 0 Å². The first-order chi connectivity index (χ1) is 8.04. The van der Waals surface area contributed by atoms with Gasteiger partial charge in [-0.2, -0.15) is 0 Å². The van der Waals surface area contributed by atoms with Crippen LogP contribution < -0.4 is 11.1 Å². The van der Waals surface area contributed by atoms with Crippen LogP contribution in [0.1, 0.15) is 42.6 Å². The maximum absolute atomic E-state index is 11.9. The van der Waals surface area contributed by atoms with Crippen molar-refractivity contribution in [2.24, 2.45) is 5.73 Å². The number of thiocarbonyl (C=S) groups is 1. The zero-order valence-electron chi connectivity index (χ0n) is 10.2. The quantitative estimate of drug-likeness (QED) is 0.788. The van der Waals surface area contributed by atoms with Gasteiger partial charge in [0.05, 0.1) is 0 Å². The first-order valence-electron chi connectivity index (χ1n) is 5.75. The number of benzene rings is 1. The summed E-state index contributed by atoms with van der Waals surface area (Å²) < 4.78 is 0. The smallest absolute Gasteiger partial charge is 0.251 e. The molecule has 0 saturated carbocycles. The van der Waals surface area contributed by atoms with Gasteiger partial charge in [-0.25, -0.2) is 0 Å². The van der Waals surface area contributed by atoms with Crippen molar-refractivity contribution < 1.29 is 4.79 Å². The lowest BCUT2D eigenvalue weighted by atomic mass is 10.1. The van der Waals surface area contributed by atoms with E-state index in [0.29, 0.717) is 10.6 Å². The summed E-state index contributed by atoms with van der Waals surface area (Å²) in [5, 5.41) is 2.94. The van der Waals surface area contributed by atoms with Crippen molar-refractivity contribution in [3.8, 4) is 0 Å². The second-order valence-electron chi connectivity index (χ2n) is 4.11. The van der Waals surface area contributed by atoms with Gasteiger partial charge in [0.1, 0.15) is 4.99 Å². The van der Waals surface area contributed by atoms with Gasteiger partial charge in [0.25, 0.3) is 5.91 Å². The second kappa shape index (κ2) is 6.35. The fourth-order valence-electron chi connectivity index (χ4n) is 1.63. The maximum atomic E-state index is 11.9. The summed E-state index contributed by atoms with van der Waals surface area (Å²) in [6.07, 6.45) is 2.02. The van der Waals surface area contributed by atoms with E-state index in [2.05, 4.69) is 12.2 Å². The van der Waals surface area contributed by atoms with E-state index in [4.69, 9.17) is 18.0 Å². The average Bonchev–Trinajstić information content (AvgIpc) is 2.29. The van der Waals surface area contributed by atoms with Crippen molar-refractivity contribution in [3.05, 3.63) is 35.4 Å². The van der Waals surface area contributed by atoms with Crippen molar-refractivity contribution in [2.45, 2.75) is 32.7 Å². The molecule has 1 aromatic rings. The Balaban J connectivity index is 2.75. The third kappa shape index (κ3) is 4.15. The highest BCUT2D eigenvalue weighted by Gasteiger charge is 2.09. The Bertz CT molecular complexity index is 418. The SMILES string of the molecule is CCCC(C)NC(=O)c1cccc(C(N)=S)c1. The van der Waals surface area contributed by atoms with Crippen LogP contribution in [0.4, 0.5) is 0 Å². The van der Waals surface area contributed by atoms with Crippen LogP contribution >= 0.6 is 12.2 Å². The van der Waals surface area contributed by atoms with Gasteiger partial charge >= 0.3 is 0 Å². The van der Waals surface area contributed by atoms with Crippen LogP contribution in [0.15, 0.2) is 24.3 Å². The molecule has 92 valence electrons. The first kappa shape index (κ1) is 13.6. The number of rotatable bonds is 5. The van der Waals surface area contributed by atoms with E-state index >= 15 is 0 Å². The molecular formula is C13H18N2OS. The Labute approximate surface area is 107 Å². The fraction of sp³-hybridized carbons (Fsp3) is 0.385. The largest absolute Gasteiger partial charge is 0.389 e. The molecule has 17 heavy (non-hydrogen) atoms. The molecule has 0 saturated heterocycles. The van der Waals surface area contributed by atoms with Crippen LogP contribution in [0.5, 0.6) is 0 Å². The topological polar surface area (TPSA) is 55.1 Å². The van der Waals surface area contributed by atoms with Crippen LogP contribution in [0, 0.1) is 0 Å². The molecular weight excluding hydrogens is 232 g/mol. The summed E-state index contributed by atoms with van der Waals surface area (Å²) in [4.78, 5) is 12.2. The Morgan fingerprint density at radius 1 is 1.47 bits per heavy atom. The zero-order valence-corrected chi connectivity index (χ0v) is 11.0. The predicted molar refractivity (Wildman–Crippen MR) is 74.2 cm³/mol. The van der Waals surface area contributed by atoms with Crippen molar-refractivity contribution in [2.75, 3.05) is 0 Å². The van der Waals surface area contributed by atoms with Gasteiger partial charge in [-0.3, -0.25) is 4.79 Å². The Hall–Kier alpha value is -1.42. The number of hydrogen-bond donors (Lipinski definition) is 2. The van der Waals surface area contributed by atoms with Crippen LogP contribution in [0.2, 0.25) is 0 Å². The van der Waals surface area contributed by atoms with Gasteiger partial charge in [0.2, 0.25) is 0 Å². The molecule has 0 radical (unpaired) electrons. The number of carbonyl (C=O) groups excluding carboxylic acids is 1. The van der Waals surface area contributed by atoms with E-state index in [1.807, 2.05) is 6.92 Å². The molecule has 1 amide bonds. The van der Waals surface area contributed by atoms with Crippen molar-refractivity contribution >= 4 is 23.1 Å². The zero-order chi connectivity index (χ0) is 12.8. The van der Waals surface area contributed by atoms with Gasteiger partial charge in [-0.15, -0.1) is 0 Å². The van der Waals surface area contributed by atoms with Gasteiger partial charge < -0.3 is 11.1 Å². The lowest BCUT2D eigenvalue weighted by Crippen LogP contribution is -2.32. The van der Waals surface area contributed by atoms with E-state index in [1.54, 1.807) is 24.3 Å². The van der Waals surface area contributed by atoms with Gasteiger partial charge in [-0.05, 0) is 25.5 Å². The molecule has 0 aliphatic carbocycles. The molecule has 0 aromatic heterocycles. The molecule has 0 aliphatic rings. The third-order valence-electron chi connectivity index (χ3n) is 2.51. The molecule has 1 aromatic carbocycles. The minimum absolute atomic E-state index is 0.0796. The van der Waals surface area contributed by atoms with E-state index in [1.165, 1.54) is 0 Å². The summed E-state index contributed by atoms with van der Waals surface area (Å²) in [6.45, 7) is 4.09. The molecule has 0 aliphatic heterocycles. The highest BCUT2D eigenvalue weighted by molar-refractivity contribution is 7.80. The highest BCUT2D eigenvalue weighted by Crippen LogP contribution is 2.06. The number of nitrogens with two attached hydrogens (primary N) is 1. The average molecular weight is 250 g/mol. The molecule has 0 heterocycles. The molecule has 0 spiro atoms. The predicted octanol–water partition coefficient (Wildman–Crippen LogP) is 2.24. The molecule has 0 fully saturated rings. The van der Waals surface area contributed by atoms with Crippen molar-refractivity contribution in [1.29, 1.82) is 0 Å². The van der Waals surface area contributed by atoms with E-state index in [0.717, 1.165) is 18.4 Å². The molecule has 1 unspecified atom stereocenters. The summed E-state index contributed by atoms with van der Waals surface area (Å²) in [5.74, 6) is -0.0796. The molecule has 3 nitrogen and oxygen atoms in total. The van der Waals surface area contributed by atoms with Gasteiger partial charge in [0.15, 0.2) is 0 Å². The Kier molecular flexibility index (Phi) is 5.10. The third-order valence-corrected chi connectivity index (χ3v) is 2.74. The molecule has 1 atom stereocenters. The van der Waals surface area contributed by atoms with Crippen molar-refractivity contribution in [1.82, 2.24) is 5.32 Å². The van der Waals surface area contributed by atoms with E-state index < -0.39 is 0 Å². The lowest BCUT2D eigenvalue weighted by Gasteiger charge is -2.13. The lowest BCUT2D eigenvalue weighted by molar-refractivity contribution is 0.0938. The van der Waals surface area contributed by atoms with E-state index in [-0.39, 0.29) is 11.9 Å². The van der Waals surface area contributed by atoms with Crippen LogP contribution in [0.25, 0.3) is 0 Å². The fourth-order valence-corrected chi connectivity index (χ4v) is 1.75. The summed E-state index contributed by atoms with van der Waals surface area (Å²) in [7, 11) is 0.